The molecule has 39 heavy (non-hydrogen) atoms. The number of phenolic OH excluding ortho intramolecular Hbond substituents is 1. The number of aromatic amines is 1. The van der Waals surface area contributed by atoms with Crippen molar-refractivity contribution in [3.05, 3.63) is 93.4 Å². The van der Waals surface area contributed by atoms with E-state index in [1.807, 2.05) is 42.5 Å². The van der Waals surface area contributed by atoms with Gasteiger partial charge in [-0.05, 0) is 80.2 Å². The molecule has 8 nitrogen and oxygen atoms in total. The second-order valence-electron chi connectivity index (χ2n) is 9.62. The maximum atomic E-state index is 13.6. The first-order chi connectivity index (χ1) is 18.7. The number of allylic oxidation sites excluding steroid dienone is 1. The van der Waals surface area contributed by atoms with E-state index in [0.717, 1.165) is 22.4 Å². The van der Waals surface area contributed by atoms with Crippen LogP contribution < -0.4 is 0 Å². The number of pyridine rings is 1. The van der Waals surface area contributed by atoms with Crippen LogP contribution in [0.15, 0.2) is 48.5 Å². The molecule has 5 rings (SSSR count). The van der Waals surface area contributed by atoms with Gasteiger partial charge < -0.3 is 19.6 Å². The Hall–Kier alpha value is -4.72. The lowest BCUT2D eigenvalue weighted by Crippen LogP contribution is -2.26. The number of ketones is 1. The molecule has 0 saturated carbocycles. The zero-order valence-electron chi connectivity index (χ0n) is 22.1. The molecule has 2 N–H and O–H groups in total. The molecule has 1 aliphatic carbocycles. The van der Waals surface area contributed by atoms with Gasteiger partial charge in [-0.2, -0.15) is 0 Å². The SMILES string of the molecule is COC(=O)c1c(C)[nH]c(C(=O)[C@@H](C)OC(=O)c2c3c(nc4ccccc24)/C(=C\c2ccc(O)cc2)CC3)c1C. The van der Waals surface area contributed by atoms with Crippen LogP contribution in [-0.2, 0) is 15.9 Å². The monoisotopic (exact) mass is 524 g/mol. The standard InChI is InChI=1S/C31H28N2O6/c1-16-25(30(36)38-4)17(2)32-27(16)29(35)18(3)39-31(37)26-22-7-5-6-8-24(22)33-28-20(11-14-23(26)28)15-19-9-12-21(34)13-10-19/h5-10,12-13,15,18,32,34H,11,14H2,1-4H3/b20-15-/t18-/m1/s1. The Kier molecular flexibility index (Phi) is 6.78. The van der Waals surface area contributed by atoms with Crippen molar-refractivity contribution in [1.82, 2.24) is 9.97 Å². The largest absolute Gasteiger partial charge is 0.508 e. The van der Waals surface area contributed by atoms with Crippen LogP contribution in [0, 0.1) is 13.8 Å². The number of Topliss-reactive ketones (excluding diaryl/α,β-unsaturated/α-hetero) is 1. The normalized spacial score (nSPS) is 14.3. The van der Waals surface area contributed by atoms with E-state index < -0.39 is 23.8 Å². The van der Waals surface area contributed by atoms with Gasteiger partial charge in [-0.3, -0.25) is 4.79 Å². The van der Waals surface area contributed by atoms with Gasteiger partial charge in [-0.15, -0.1) is 0 Å². The summed E-state index contributed by atoms with van der Waals surface area (Å²) in [6.07, 6.45) is 2.19. The first kappa shape index (κ1) is 25.9. The molecule has 0 unspecified atom stereocenters. The van der Waals surface area contributed by atoms with Gasteiger partial charge in [-0.25, -0.2) is 14.6 Å². The fourth-order valence-electron chi connectivity index (χ4n) is 5.16. The topological polar surface area (TPSA) is 119 Å². The first-order valence-electron chi connectivity index (χ1n) is 12.6. The Bertz CT molecular complexity index is 1660. The van der Waals surface area contributed by atoms with Crippen LogP contribution in [0.5, 0.6) is 5.75 Å². The van der Waals surface area contributed by atoms with Crippen LogP contribution in [0.25, 0.3) is 22.6 Å². The van der Waals surface area contributed by atoms with Crippen molar-refractivity contribution in [2.75, 3.05) is 7.11 Å². The molecule has 8 heteroatoms. The summed E-state index contributed by atoms with van der Waals surface area (Å²) in [7, 11) is 1.28. The fraction of sp³-hybridized carbons (Fsp3) is 0.226. The second kappa shape index (κ2) is 10.2. The number of esters is 2. The zero-order chi connectivity index (χ0) is 27.8. The number of phenols is 1. The minimum Gasteiger partial charge on any atom is -0.508 e. The summed E-state index contributed by atoms with van der Waals surface area (Å²) in [5, 5.41) is 10.3. The number of ether oxygens (including phenoxy) is 2. The number of H-pyrrole nitrogens is 1. The van der Waals surface area contributed by atoms with Crippen LogP contribution in [0.4, 0.5) is 0 Å². The van der Waals surface area contributed by atoms with Crippen LogP contribution in [0.1, 0.15) is 72.6 Å². The number of hydrogen-bond donors (Lipinski definition) is 2. The number of fused-ring (bicyclic) bond motifs is 2. The van der Waals surface area contributed by atoms with Gasteiger partial charge in [-0.1, -0.05) is 30.3 Å². The Labute approximate surface area is 225 Å². The fourth-order valence-corrected chi connectivity index (χ4v) is 5.16. The maximum Gasteiger partial charge on any atom is 0.339 e. The molecule has 2 aromatic heterocycles. The summed E-state index contributed by atoms with van der Waals surface area (Å²) < 4.78 is 10.6. The van der Waals surface area contributed by atoms with Crippen molar-refractivity contribution >= 4 is 40.3 Å². The number of aryl methyl sites for hydroxylation is 1. The molecule has 0 saturated heterocycles. The molecular formula is C31H28N2O6. The quantitative estimate of drug-likeness (QED) is 0.249. The molecule has 198 valence electrons. The average Bonchev–Trinajstić information content (AvgIpc) is 3.46. The number of nitrogens with zero attached hydrogens (tertiary/aromatic N) is 1. The zero-order valence-corrected chi connectivity index (χ0v) is 22.1. The molecule has 0 aliphatic heterocycles. The van der Waals surface area contributed by atoms with Gasteiger partial charge in [0, 0.05) is 11.1 Å². The second-order valence-corrected chi connectivity index (χ2v) is 9.62. The van der Waals surface area contributed by atoms with E-state index in [1.54, 1.807) is 26.0 Å². The number of para-hydroxylation sites is 1. The van der Waals surface area contributed by atoms with Crippen molar-refractivity contribution in [2.24, 2.45) is 0 Å². The van der Waals surface area contributed by atoms with Crippen LogP contribution >= 0.6 is 0 Å². The van der Waals surface area contributed by atoms with Crippen molar-refractivity contribution in [1.29, 1.82) is 0 Å². The first-order valence-corrected chi connectivity index (χ1v) is 12.6. The molecule has 4 aromatic rings. The number of benzene rings is 2. The number of nitrogens with one attached hydrogen (secondary N) is 1. The van der Waals surface area contributed by atoms with E-state index in [4.69, 9.17) is 14.5 Å². The Morgan fingerprint density at radius 2 is 1.72 bits per heavy atom. The Balaban J connectivity index is 1.50. The number of aromatic hydroxyl groups is 1. The number of rotatable bonds is 6. The Morgan fingerprint density at radius 1 is 1.00 bits per heavy atom. The minimum atomic E-state index is -1.10. The predicted molar refractivity (Wildman–Crippen MR) is 147 cm³/mol. The van der Waals surface area contributed by atoms with Crippen LogP contribution in [-0.4, -0.2) is 46.0 Å². The summed E-state index contributed by atoms with van der Waals surface area (Å²) in [6, 6.07) is 14.3. The van der Waals surface area contributed by atoms with Crippen molar-refractivity contribution < 1.29 is 29.0 Å². The number of methoxy groups -OCH3 is 1. The summed E-state index contributed by atoms with van der Waals surface area (Å²) >= 11 is 0. The van der Waals surface area contributed by atoms with Crippen molar-refractivity contribution in [2.45, 2.75) is 39.7 Å². The van der Waals surface area contributed by atoms with Crippen LogP contribution in [0.2, 0.25) is 0 Å². The van der Waals surface area contributed by atoms with Gasteiger partial charge in [0.2, 0.25) is 5.78 Å². The highest BCUT2D eigenvalue weighted by Crippen LogP contribution is 2.38. The lowest BCUT2D eigenvalue weighted by atomic mass is 10.0. The lowest BCUT2D eigenvalue weighted by Gasteiger charge is -2.16. The van der Waals surface area contributed by atoms with E-state index in [2.05, 4.69) is 4.98 Å². The number of hydrogen-bond acceptors (Lipinski definition) is 7. The molecule has 0 spiro atoms. The smallest absolute Gasteiger partial charge is 0.339 e. The Morgan fingerprint density at radius 3 is 2.44 bits per heavy atom. The molecule has 0 fully saturated rings. The summed E-state index contributed by atoms with van der Waals surface area (Å²) in [6.45, 7) is 4.86. The highest BCUT2D eigenvalue weighted by atomic mass is 16.5. The maximum absolute atomic E-state index is 13.6. The van der Waals surface area contributed by atoms with Gasteiger partial charge in [0.25, 0.3) is 0 Å². The molecule has 2 heterocycles. The molecule has 0 bridgehead atoms. The highest BCUT2D eigenvalue weighted by molar-refractivity contribution is 6.09. The van der Waals surface area contributed by atoms with E-state index >= 15 is 0 Å². The van der Waals surface area contributed by atoms with Gasteiger partial charge in [0.15, 0.2) is 6.10 Å². The molecule has 2 aromatic carbocycles. The van der Waals surface area contributed by atoms with Gasteiger partial charge in [0.1, 0.15) is 5.75 Å². The van der Waals surface area contributed by atoms with E-state index in [9.17, 15) is 19.5 Å². The van der Waals surface area contributed by atoms with Crippen molar-refractivity contribution in [3.8, 4) is 5.75 Å². The van der Waals surface area contributed by atoms with E-state index in [0.29, 0.717) is 46.1 Å². The molecule has 0 amide bonds. The van der Waals surface area contributed by atoms with Gasteiger partial charge in [0.05, 0.1) is 35.1 Å². The average molecular weight is 525 g/mol. The molecule has 0 radical (unpaired) electrons. The minimum absolute atomic E-state index is 0.188. The predicted octanol–water partition coefficient (Wildman–Crippen LogP) is 5.59. The summed E-state index contributed by atoms with van der Waals surface area (Å²) in [5.74, 6) is -1.40. The molecule has 1 aliphatic rings. The van der Waals surface area contributed by atoms with Crippen LogP contribution in [0.3, 0.4) is 0 Å². The molecular weight excluding hydrogens is 496 g/mol. The lowest BCUT2D eigenvalue weighted by molar-refractivity contribution is 0.0317. The van der Waals surface area contributed by atoms with Crippen molar-refractivity contribution in [3.63, 3.8) is 0 Å². The van der Waals surface area contributed by atoms with E-state index in [1.165, 1.54) is 14.0 Å². The highest BCUT2D eigenvalue weighted by Gasteiger charge is 2.31. The number of carbonyl (C=O) groups excluding carboxylic acids is 3. The number of aromatic nitrogens is 2. The third kappa shape index (κ3) is 4.69. The summed E-state index contributed by atoms with van der Waals surface area (Å²) in [5.41, 5.74) is 5.91. The molecule has 1 atom stereocenters. The number of carbonyl (C=O) groups is 3. The summed E-state index contributed by atoms with van der Waals surface area (Å²) in [4.78, 5) is 46.9. The van der Waals surface area contributed by atoms with E-state index in [-0.39, 0.29) is 11.4 Å². The third-order valence-corrected chi connectivity index (χ3v) is 7.11. The third-order valence-electron chi connectivity index (χ3n) is 7.11. The van der Waals surface area contributed by atoms with Gasteiger partial charge >= 0.3 is 11.9 Å².